The zero-order chi connectivity index (χ0) is 15.4. The van der Waals surface area contributed by atoms with Crippen LogP contribution in [-0.4, -0.2) is 17.1 Å². The summed E-state index contributed by atoms with van der Waals surface area (Å²) >= 11 is 0. The third kappa shape index (κ3) is 2.14. The van der Waals surface area contributed by atoms with Gasteiger partial charge in [0.05, 0.1) is 5.56 Å². The van der Waals surface area contributed by atoms with Gasteiger partial charge in [-0.15, -0.1) is 0 Å². The minimum atomic E-state index is -0.864. The fourth-order valence-corrected chi connectivity index (χ4v) is 4.78. The van der Waals surface area contributed by atoms with E-state index in [0.717, 1.165) is 17.2 Å². The van der Waals surface area contributed by atoms with Crippen LogP contribution in [0.4, 0.5) is 5.69 Å². The molecule has 3 atom stereocenters. The van der Waals surface area contributed by atoms with Crippen molar-refractivity contribution in [3.8, 4) is 0 Å². The number of carboxylic acid groups (broad SMARTS) is 1. The lowest BCUT2D eigenvalue weighted by Gasteiger charge is -2.44. The Kier molecular flexibility index (Phi) is 3.09. The molecule has 0 spiro atoms. The lowest BCUT2D eigenvalue weighted by Crippen LogP contribution is -2.45. The van der Waals surface area contributed by atoms with Crippen molar-refractivity contribution < 1.29 is 9.90 Å². The van der Waals surface area contributed by atoms with Crippen LogP contribution in [0.3, 0.4) is 0 Å². The van der Waals surface area contributed by atoms with Gasteiger partial charge in [0.1, 0.15) is 0 Å². The van der Waals surface area contributed by atoms with Crippen LogP contribution in [0.15, 0.2) is 18.2 Å². The van der Waals surface area contributed by atoms with Gasteiger partial charge in [-0.1, -0.05) is 20.8 Å². The average molecular weight is 287 g/mol. The normalized spacial score (nSPS) is 33.1. The lowest BCUT2D eigenvalue weighted by molar-refractivity contribution is 0.0697. The Bertz CT molecular complexity index is 588. The van der Waals surface area contributed by atoms with E-state index >= 15 is 0 Å². The van der Waals surface area contributed by atoms with Crippen molar-refractivity contribution in [2.45, 2.75) is 53.0 Å². The molecular formula is C18H25NO2. The fourth-order valence-electron chi connectivity index (χ4n) is 4.78. The number of aryl methyl sites for hydroxylation is 1. The summed E-state index contributed by atoms with van der Waals surface area (Å²) in [5, 5.41) is 12.8. The molecule has 0 aliphatic heterocycles. The molecule has 114 valence electrons. The first kappa shape index (κ1) is 14.4. The quantitative estimate of drug-likeness (QED) is 0.870. The van der Waals surface area contributed by atoms with E-state index in [2.05, 4.69) is 26.1 Å². The van der Waals surface area contributed by atoms with E-state index in [0.29, 0.717) is 22.4 Å². The van der Waals surface area contributed by atoms with Crippen molar-refractivity contribution in [3.05, 3.63) is 29.3 Å². The summed E-state index contributed by atoms with van der Waals surface area (Å²) < 4.78 is 0. The predicted molar refractivity (Wildman–Crippen MR) is 84.8 cm³/mol. The highest BCUT2D eigenvalue weighted by molar-refractivity contribution is 5.88. The second kappa shape index (κ2) is 4.49. The van der Waals surface area contributed by atoms with Crippen LogP contribution < -0.4 is 5.32 Å². The molecular weight excluding hydrogens is 262 g/mol. The minimum Gasteiger partial charge on any atom is -0.478 e. The van der Waals surface area contributed by atoms with Crippen LogP contribution in [0.1, 0.15) is 56.0 Å². The molecule has 0 heterocycles. The predicted octanol–water partition coefficient (Wildman–Crippen LogP) is 4.32. The largest absolute Gasteiger partial charge is 0.478 e. The molecule has 2 aliphatic rings. The first-order valence-electron chi connectivity index (χ1n) is 7.84. The molecule has 0 aromatic heterocycles. The molecule has 3 heteroatoms. The molecule has 0 amide bonds. The molecule has 0 radical (unpaired) electrons. The van der Waals surface area contributed by atoms with Crippen LogP contribution in [0, 0.1) is 23.7 Å². The van der Waals surface area contributed by atoms with Crippen molar-refractivity contribution in [2.24, 2.45) is 16.7 Å². The summed E-state index contributed by atoms with van der Waals surface area (Å²) in [4.78, 5) is 11.0. The Morgan fingerprint density at radius 1 is 1.33 bits per heavy atom. The zero-order valence-corrected chi connectivity index (χ0v) is 13.4. The second-order valence-corrected chi connectivity index (χ2v) is 7.83. The van der Waals surface area contributed by atoms with E-state index in [9.17, 15) is 4.79 Å². The van der Waals surface area contributed by atoms with E-state index < -0.39 is 5.97 Å². The number of hydrogen-bond acceptors (Lipinski definition) is 2. The van der Waals surface area contributed by atoms with Crippen molar-refractivity contribution in [1.29, 1.82) is 0 Å². The Hall–Kier alpha value is -1.51. The maximum Gasteiger partial charge on any atom is 0.335 e. The molecule has 1 aromatic rings. The Morgan fingerprint density at radius 3 is 2.57 bits per heavy atom. The van der Waals surface area contributed by atoms with Crippen LogP contribution in [0.25, 0.3) is 0 Å². The van der Waals surface area contributed by atoms with Crippen molar-refractivity contribution in [1.82, 2.24) is 0 Å². The van der Waals surface area contributed by atoms with Gasteiger partial charge in [-0.2, -0.15) is 0 Å². The number of carbonyl (C=O) groups is 1. The number of hydrogen-bond donors (Lipinski definition) is 2. The average Bonchev–Trinajstić information content (AvgIpc) is 2.87. The number of benzene rings is 1. The highest BCUT2D eigenvalue weighted by Crippen LogP contribution is 2.63. The molecule has 3 rings (SSSR count). The van der Waals surface area contributed by atoms with Gasteiger partial charge in [0.25, 0.3) is 0 Å². The number of anilines is 1. The van der Waals surface area contributed by atoms with Crippen LogP contribution in [0.5, 0.6) is 0 Å². The van der Waals surface area contributed by atoms with Gasteiger partial charge < -0.3 is 10.4 Å². The molecule has 2 saturated carbocycles. The summed E-state index contributed by atoms with van der Waals surface area (Å²) in [6.45, 7) is 9.14. The first-order valence-corrected chi connectivity index (χ1v) is 7.84. The topological polar surface area (TPSA) is 49.3 Å². The molecule has 21 heavy (non-hydrogen) atoms. The lowest BCUT2D eigenvalue weighted by atomic mass is 9.68. The zero-order valence-electron chi connectivity index (χ0n) is 13.4. The van der Waals surface area contributed by atoms with Crippen molar-refractivity contribution in [3.63, 3.8) is 0 Å². The number of aromatic carboxylic acids is 1. The fraction of sp³-hybridized carbons (Fsp3) is 0.611. The summed E-state index contributed by atoms with van der Waals surface area (Å²) in [7, 11) is 0. The smallest absolute Gasteiger partial charge is 0.335 e. The maximum absolute atomic E-state index is 11.0. The Labute approximate surface area is 126 Å². The van der Waals surface area contributed by atoms with Crippen LogP contribution >= 0.6 is 0 Å². The molecule has 2 fully saturated rings. The number of rotatable bonds is 3. The van der Waals surface area contributed by atoms with Crippen molar-refractivity contribution >= 4 is 11.7 Å². The highest BCUT2D eigenvalue weighted by Gasteiger charge is 2.59. The number of carboxylic acids is 1. The van der Waals surface area contributed by atoms with Gasteiger partial charge in [0.2, 0.25) is 0 Å². The minimum absolute atomic E-state index is 0.297. The molecule has 1 unspecified atom stereocenters. The van der Waals surface area contributed by atoms with Crippen LogP contribution in [-0.2, 0) is 0 Å². The first-order chi connectivity index (χ1) is 9.74. The monoisotopic (exact) mass is 287 g/mol. The molecule has 0 saturated heterocycles. The van der Waals surface area contributed by atoms with Gasteiger partial charge in [-0.3, -0.25) is 0 Å². The SMILES string of the molecule is Cc1cc(C(=O)O)ccc1NC1C(C)(C)[C@H]2CC[C@]1(C)C2. The van der Waals surface area contributed by atoms with Crippen LogP contribution in [0.2, 0.25) is 0 Å². The van der Waals surface area contributed by atoms with Gasteiger partial charge in [-0.05, 0) is 66.7 Å². The van der Waals surface area contributed by atoms with Gasteiger partial charge in [-0.25, -0.2) is 4.79 Å². The second-order valence-electron chi connectivity index (χ2n) is 7.83. The van der Waals surface area contributed by atoms with E-state index in [1.54, 1.807) is 12.1 Å². The standard InChI is InChI=1S/C18H25NO2/c1-11-9-12(15(20)21)5-6-14(11)19-16-17(2,3)13-7-8-18(16,4)10-13/h5-6,9,13,16,19H,7-8,10H2,1-4H3,(H,20,21)/t13-,16?,18+/m0/s1. The third-order valence-corrected chi connectivity index (χ3v) is 6.04. The molecule has 1 aromatic carbocycles. The molecule has 2 aliphatic carbocycles. The summed E-state index contributed by atoms with van der Waals surface area (Å²) in [6.07, 6.45) is 3.95. The number of nitrogens with one attached hydrogen (secondary N) is 1. The Balaban J connectivity index is 1.88. The van der Waals surface area contributed by atoms with E-state index in [4.69, 9.17) is 5.11 Å². The molecule has 2 N–H and O–H groups in total. The summed E-state index contributed by atoms with van der Waals surface area (Å²) in [5.74, 6) is -0.0598. The Morgan fingerprint density at radius 2 is 2.05 bits per heavy atom. The van der Waals surface area contributed by atoms with E-state index in [1.165, 1.54) is 19.3 Å². The molecule has 3 nitrogen and oxygen atoms in total. The van der Waals surface area contributed by atoms with E-state index in [1.807, 2.05) is 13.0 Å². The highest BCUT2D eigenvalue weighted by atomic mass is 16.4. The van der Waals surface area contributed by atoms with Gasteiger partial charge in [0.15, 0.2) is 0 Å². The number of fused-ring (bicyclic) bond motifs is 2. The summed E-state index contributed by atoms with van der Waals surface area (Å²) in [5.41, 5.74) is 3.11. The van der Waals surface area contributed by atoms with E-state index in [-0.39, 0.29) is 0 Å². The van der Waals surface area contributed by atoms with Gasteiger partial charge in [0, 0.05) is 11.7 Å². The summed E-state index contributed by atoms with van der Waals surface area (Å²) in [6, 6.07) is 5.83. The van der Waals surface area contributed by atoms with Gasteiger partial charge >= 0.3 is 5.97 Å². The third-order valence-electron chi connectivity index (χ3n) is 6.04. The van der Waals surface area contributed by atoms with Crippen molar-refractivity contribution in [2.75, 3.05) is 5.32 Å². The molecule has 2 bridgehead atoms. The maximum atomic E-state index is 11.0.